The number of carbonyl (C=O) groups excluding carboxylic acids is 2. The summed E-state index contributed by atoms with van der Waals surface area (Å²) in [6.07, 6.45) is 0. The highest BCUT2D eigenvalue weighted by atomic mass is 32.1. The van der Waals surface area contributed by atoms with Crippen molar-refractivity contribution in [2.75, 3.05) is 0 Å². The molecule has 7 heteroatoms. The van der Waals surface area contributed by atoms with E-state index in [1.165, 1.54) is 6.07 Å². The van der Waals surface area contributed by atoms with Crippen LogP contribution in [0.4, 0.5) is 0 Å². The Morgan fingerprint density at radius 2 is 1.96 bits per heavy atom. The lowest BCUT2D eigenvalue weighted by molar-refractivity contribution is 0.00695. The molecule has 0 unspecified atom stereocenters. The molecule has 0 atom stereocenters. The molecule has 6 nitrogen and oxygen atoms in total. The van der Waals surface area contributed by atoms with Gasteiger partial charge in [-0.1, -0.05) is 17.4 Å². The van der Waals surface area contributed by atoms with Crippen molar-refractivity contribution >= 4 is 23.2 Å². The zero-order valence-electron chi connectivity index (χ0n) is 13.1. The van der Waals surface area contributed by atoms with Crippen molar-refractivity contribution in [3.05, 3.63) is 56.1 Å². The second-order valence-corrected chi connectivity index (χ2v) is 6.78. The van der Waals surface area contributed by atoms with Gasteiger partial charge < -0.3 is 15.0 Å². The molecule has 1 heterocycles. The van der Waals surface area contributed by atoms with Crippen LogP contribution in [-0.2, 0) is 11.3 Å². The Morgan fingerprint density at radius 1 is 1.26 bits per heavy atom. The summed E-state index contributed by atoms with van der Waals surface area (Å²) in [5.41, 5.74) is 0.708. The molecule has 1 aromatic carbocycles. The third kappa shape index (κ3) is 5.07. The monoisotopic (exact) mass is 334 g/mol. The Morgan fingerprint density at radius 3 is 2.57 bits per heavy atom. The third-order valence-corrected chi connectivity index (χ3v) is 3.49. The fraction of sp³-hybridized carbons (Fsp3) is 0.312. The summed E-state index contributed by atoms with van der Waals surface area (Å²) in [7, 11) is 0. The Balaban J connectivity index is 2.05. The highest BCUT2D eigenvalue weighted by molar-refractivity contribution is 7.07. The number of hydrogen-bond acceptors (Lipinski definition) is 5. The standard InChI is InChI=1S/C16H18N2O4S/c1-16(2,3)22-14(20)11-6-4-5-10(7-11)13(19)17-8-12-9-23-15(21)18-12/h4-7,9H,8H2,1-3H3,(H,17,19)(H,18,21). The van der Waals surface area contributed by atoms with E-state index in [0.29, 0.717) is 16.8 Å². The number of esters is 1. The molecule has 2 aromatic rings. The lowest BCUT2D eigenvalue weighted by atomic mass is 10.1. The number of amides is 1. The van der Waals surface area contributed by atoms with Crippen LogP contribution in [0.5, 0.6) is 0 Å². The molecule has 1 aromatic heterocycles. The molecule has 1 amide bonds. The van der Waals surface area contributed by atoms with Crippen molar-refractivity contribution in [1.29, 1.82) is 0 Å². The fourth-order valence-corrected chi connectivity index (χ4v) is 2.38. The molecule has 0 radical (unpaired) electrons. The van der Waals surface area contributed by atoms with Crippen molar-refractivity contribution in [2.24, 2.45) is 0 Å². The van der Waals surface area contributed by atoms with E-state index in [1.807, 2.05) is 0 Å². The maximum absolute atomic E-state index is 12.1. The lowest BCUT2D eigenvalue weighted by Gasteiger charge is -2.19. The number of nitrogens with one attached hydrogen (secondary N) is 2. The van der Waals surface area contributed by atoms with Gasteiger partial charge in [0.15, 0.2) is 0 Å². The predicted molar refractivity (Wildman–Crippen MR) is 87.7 cm³/mol. The number of benzene rings is 1. The second-order valence-electron chi connectivity index (χ2n) is 5.94. The van der Waals surface area contributed by atoms with Crippen LogP contribution in [0.3, 0.4) is 0 Å². The fourth-order valence-electron chi connectivity index (χ4n) is 1.80. The summed E-state index contributed by atoms with van der Waals surface area (Å²) in [5.74, 6) is -0.809. The molecule has 2 N–H and O–H groups in total. The summed E-state index contributed by atoms with van der Waals surface area (Å²) >= 11 is 1.04. The van der Waals surface area contributed by atoms with Crippen LogP contribution in [0, 0.1) is 0 Å². The van der Waals surface area contributed by atoms with Gasteiger partial charge in [0.2, 0.25) is 0 Å². The molecule has 0 fully saturated rings. The highest BCUT2D eigenvalue weighted by Gasteiger charge is 2.18. The minimum atomic E-state index is -0.597. The largest absolute Gasteiger partial charge is 0.456 e. The SMILES string of the molecule is CC(C)(C)OC(=O)c1cccc(C(=O)NCc2csc(=O)[nH]2)c1. The molecular weight excluding hydrogens is 316 g/mol. The first-order valence-corrected chi connectivity index (χ1v) is 7.91. The summed E-state index contributed by atoms with van der Waals surface area (Å²) in [6.45, 7) is 5.56. The van der Waals surface area contributed by atoms with Crippen LogP contribution in [0.1, 0.15) is 47.2 Å². The maximum Gasteiger partial charge on any atom is 0.338 e. The highest BCUT2D eigenvalue weighted by Crippen LogP contribution is 2.13. The molecule has 0 aliphatic heterocycles. The van der Waals surface area contributed by atoms with E-state index in [9.17, 15) is 14.4 Å². The summed E-state index contributed by atoms with van der Waals surface area (Å²) in [6, 6.07) is 6.32. The number of aromatic amines is 1. The molecule has 0 saturated carbocycles. The van der Waals surface area contributed by atoms with Gasteiger partial charge in [-0.3, -0.25) is 9.59 Å². The summed E-state index contributed by atoms with van der Waals surface area (Å²) < 4.78 is 5.28. The number of ether oxygens (including phenoxy) is 1. The number of rotatable bonds is 4. The molecule has 0 aliphatic carbocycles. The predicted octanol–water partition coefficient (Wildman–Crippen LogP) is 2.32. The first-order valence-electron chi connectivity index (χ1n) is 7.03. The van der Waals surface area contributed by atoms with Gasteiger partial charge in [0, 0.05) is 16.6 Å². The zero-order valence-corrected chi connectivity index (χ0v) is 14.0. The van der Waals surface area contributed by atoms with Crippen LogP contribution in [0.25, 0.3) is 0 Å². The van der Waals surface area contributed by atoms with Crippen molar-refractivity contribution in [3.63, 3.8) is 0 Å². The van der Waals surface area contributed by atoms with Crippen molar-refractivity contribution in [2.45, 2.75) is 32.9 Å². The second kappa shape index (κ2) is 6.78. The van der Waals surface area contributed by atoms with Crippen LogP contribution in [-0.4, -0.2) is 22.5 Å². The van der Waals surface area contributed by atoms with E-state index in [1.54, 1.807) is 44.4 Å². The van der Waals surface area contributed by atoms with Crippen LogP contribution in [0.2, 0.25) is 0 Å². The van der Waals surface area contributed by atoms with Gasteiger partial charge >= 0.3 is 10.8 Å². The summed E-state index contributed by atoms with van der Waals surface area (Å²) in [4.78, 5) is 37.6. The Labute approximate surface area is 137 Å². The molecular formula is C16H18N2O4S. The summed E-state index contributed by atoms with van der Waals surface area (Å²) in [5, 5.41) is 4.34. The average Bonchev–Trinajstić information content (AvgIpc) is 2.89. The van der Waals surface area contributed by atoms with Crippen LogP contribution < -0.4 is 10.2 Å². The van der Waals surface area contributed by atoms with Gasteiger partial charge in [0.25, 0.3) is 5.91 Å². The van der Waals surface area contributed by atoms with E-state index in [0.717, 1.165) is 11.3 Å². The molecule has 0 saturated heterocycles. The number of aromatic nitrogens is 1. The number of carbonyl (C=O) groups is 2. The molecule has 122 valence electrons. The van der Waals surface area contributed by atoms with E-state index in [4.69, 9.17) is 4.74 Å². The lowest BCUT2D eigenvalue weighted by Crippen LogP contribution is -2.25. The Bertz CT molecular complexity index is 771. The third-order valence-electron chi connectivity index (χ3n) is 2.77. The van der Waals surface area contributed by atoms with Gasteiger partial charge in [-0.25, -0.2) is 4.79 Å². The van der Waals surface area contributed by atoms with Crippen molar-refractivity contribution in [1.82, 2.24) is 10.3 Å². The quantitative estimate of drug-likeness (QED) is 0.840. The van der Waals surface area contributed by atoms with Gasteiger partial charge in [-0.2, -0.15) is 0 Å². The molecule has 0 aliphatic rings. The van der Waals surface area contributed by atoms with Gasteiger partial charge in [-0.15, -0.1) is 0 Å². The van der Waals surface area contributed by atoms with E-state index in [2.05, 4.69) is 10.3 Å². The van der Waals surface area contributed by atoms with Gasteiger partial charge in [0.1, 0.15) is 5.60 Å². The topological polar surface area (TPSA) is 88.3 Å². The van der Waals surface area contributed by atoms with Crippen molar-refractivity contribution < 1.29 is 14.3 Å². The Hall–Kier alpha value is -2.41. The minimum Gasteiger partial charge on any atom is -0.456 e. The van der Waals surface area contributed by atoms with Gasteiger partial charge in [0.05, 0.1) is 12.1 Å². The maximum atomic E-state index is 12.1. The molecule has 0 bridgehead atoms. The minimum absolute atomic E-state index is 0.166. The van der Waals surface area contributed by atoms with Crippen molar-refractivity contribution in [3.8, 4) is 0 Å². The molecule has 0 spiro atoms. The van der Waals surface area contributed by atoms with E-state index < -0.39 is 11.6 Å². The first kappa shape index (κ1) is 17.0. The molecule has 23 heavy (non-hydrogen) atoms. The smallest absolute Gasteiger partial charge is 0.338 e. The van der Waals surface area contributed by atoms with Crippen LogP contribution in [0.15, 0.2) is 34.4 Å². The van der Waals surface area contributed by atoms with E-state index >= 15 is 0 Å². The normalized spacial score (nSPS) is 11.1. The zero-order chi connectivity index (χ0) is 17.0. The molecule has 2 rings (SSSR count). The average molecular weight is 334 g/mol. The number of H-pyrrole nitrogens is 1. The van der Waals surface area contributed by atoms with Gasteiger partial charge in [-0.05, 0) is 39.0 Å². The van der Waals surface area contributed by atoms with Crippen LogP contribution >= 0.6 is 11.3 Å². The number of thiazole rings is 1. The Kier molecular flexibility index (Phi) is 5.00. The number of hydrogen-bond donors (Lipinski definition) is 2. The van der Waals surface area contributed by atoms with E-state index in [-0.39, 0.29) is 17.3 Å². The first-order chi connectivity index (χ1) is 10.7.